The molecule has 0 aliphatic heterocycles. The van der Waals surface area contributed by atoms with E-state index in [1.807, 2.05) is 41.3 Å². The molecular weight excluding hydrogens is 316 g/mol. The number of benzene rings is 1. The highest BCUT2D eigenvalue weighted by atomic mass is 16.5. The van der Waals surface area contributed by atoms with Crippen LogP contribution in [0, 0.1) is 0 Å². The van der Waals surface area contributed by atoms with Gasteiger partial charge in [-0.3, -0.25) is 4.68 Å². The number of aliphatic hydroxyl groups excluding tert-OH is 1. The normalized spacial score (nSPS) is 12.6. The second-order valence-electron chi connectivity index (χ2n) is 6.11. The summed E-state index contributed by atoms with van der Waals surface area (Å²) < 4.78 is 7.16. The second kappa shape index (κ2) is 6.64. The van der Waals surface area contributed by atoms with Crippen LogP contribution in [0.3, 0.4) is 0 Å². The molecule has 0 saturated heterocycles. The molecule has 25 heavy (non-hydrogen) atoms. The molecule has 3 aromatic rings. The number of aromatic nitrogens is 4. The lowest BCUT2D eigenvalue weighted by Gasteiger charge is -2.18. The summed E-state index contributed by atoms with van der Waals surface area (Å²) in [5.74, 6) is 1.51. The minimum Gasteiger partial charge on any atom is -0.497 e. The van der Waals surface area contributed by atoms with E-state index in [9.17, 15) is 0 Å². The predicted octanol–water partition coefficient (Wildman–Crippen LogP) is 2.50. The molecule has 0 radical (unpaired) electrons. The lowest BCUT2D eigenvalue weighted by Crippen LogP contribution is -2.12. The first kappa shape index (κ1) is 15.8. The Labute approximate surface area is 146 Å². The molecule has 6 nitrogen and oxygen atoms in total. The standard InChI is InChI=1S/C19H20N4O2/c1-25-16-7-5-13(6-8-16)19-20-11-14-3-4-15-12-21-23(9-2-10-24)18(15)17(14)22-19/h5-8,11-12,24H,2-4,9-10H2,1H3. The Balaban J connectivity index is 1.76. The summed E-state index contributed by atoms with van der Waals surface area (Å²) in [6, 6.07) is 7.75. The molecule has 128 valence electrons. The van der Waals surface area contributed by atoms with Gasteiger partial charge in [-0.25, -0.2) is 9.97 Å². The van der Waals surface area contributed by atoms with Gasteiger partial charge < -0.3 is 9.84 Å². The maximum Gasteiger partial charge on any atom is 0.159 e. The van der Waals surface area contributed by atoms with Gasteiger partial charge in [0.25, 0.3) is 0 Å². The number of aliphatic hydroxyl groups is 1. The smallest absolute Gasteiger partial charge is 0.159 e. The highest BCUT2D eigenvalue weighted by Crippen LogP contribution is 2.33. The van der Waals surface area contributed by atoms with Gasteiger partial charge >= 0.3 is 0 Å². The molecule has 1 aromatic carbocycles. The monoisotopic (exact) mass is 336 g/mol. The van der Waals surface area contributed by atoms with E-state index in [-0.39, 0.29) is 6.61 Å². The third-order valence-corrected chi connectivity index (χ3v) is 4.54. The highest BCUT2D eigenvalue weighted by Gasteiger charge is 2.23. The van der Waals surface area contributed by atoms with Crippen molar-refractivity contribution in [1.82, 2.24) is 19.7 Å². The number of hydrogen-bond donors (Lipinski definition) is 1. The van der Waals surface area contributed by atoms with Gasteiger partial charge in [-0.15, -0.1) is 0 Å². The van der Waals surface area contributed by atoms with Crippen molar-refractivity contribution >= 4 is 0 Å². The van der Waals surface area contributed by atoms with E-state index < -0.39 is 0 Å². The Kier molecular flexibility index (Phi) is 4.19. The second-order valence-corrected chi connectivity index (χ2v) is 6.11. The molecule has 0 fully saturated rings. The van der Waals surface area contributed by atoms with E-state index in [1.54, 1.807) is 7.11 Å². The van der Waals surface area contributed by atoms with E-state index in [1.165, 1.54) is 5.56 Å². The van der Waals surface area contributed by atoms with E-state index in [2.05, 4.69) is 10.1 Å². The fourth-order valence-corrected chi connectivity index (χ4v) is 3.21. The fourth-order valence-electron chi connectivity index (χ4n) is 3.21. The van der Waals surface area contributed by atoms with Gasteiger partial charge in [-0.05, 0) is 49.1 Å². The van der Waals surface area contributed by atoms with Crippen molar-refractivity contribution in [2.75, 3.05) is 13.7 Å². The van der Waals surface area contributed by atoms with E-state index in [4.69, 9.17) is 14.8 Å². The van der Waals surface area contributed by atoms with Crippen LogP contribution in [0.2, 0.25) is 0 Å². The quantitative estimate of drug-likeness (QED) is 0.775. The van der Waals surface area contributed by atoms with Crippen LogP contribution in [0.4, 0.5) is 0 Å². The van der Waals surface area contributed by atoms with Gasteiger partial charge in [0.15, 0.2) is 5.82 Å². The van der Waals surface area contributed by atoms with Crippen LogP contribution in [0.1, 0.15) is 17.5 Å². The van der Waals surface area contributed by atoms with Crippen LogP contribution in [0.25, 0.3) is 22.8 Å². The van der Waals surface area contributed by atoms with Gasteiger partial charge in [0.1, 0.15) is 5.75 Å². The molecule has 0 spiro atoms. The SMILES string of the molecule is COc1ccc(-c2ncc3c(n2)-c2c(cnn2CCCO)CC3)cc1. The van der Waals surface area contributed by atoms with Crippen molar-refractivity contribution in [2.24, 2.45) is 0 Å². The summed E-state index contributed by atoms with van der Waals surface area (Å²) in [7, 11) is 1.65. The van der Waals surface area contributed by atoms with Crippen molar-refractivity contribution in [3.63, 3.8) is 0 Å². The molecule has 0 saturated carbocycles. The Hall–Kier alpha value is -2.73. The average molecular weight is 336 g/mol. The zero-order valence-electron chi connectivity index (χ0n) is 14.1. The van der Waals surface area contributed by atoms with E-state index in [0.29, 0.717) is 18.8 Å². The zero-order valence-corrected chi connectivity index (χ0v) is 14.1. The van der Waals surface area contributed by atoms with Crippen molar-refractivity contribution in [2.45, 2.75) is 25.8 Å². The molecular formula is C19H20N4O2. The van der Waals surface area contributed by atoms with Gasteiger partial charge in [0.2, 0.25) is 0 Å². The molecule has 1 aliphatic carbocycles. The maximum absolute atomic E-state index is 9.12. The maximum atomic E-state index is 9.12. The molecule has 4 rings (SSSR count). The van der Waals surface area contributed by atoms with Crippen LogP contribution in [-0.2, 0) is 19.4 Å². The Morgan fingerprint density at radius 3 is 2.68 bits per heavy atom. The molecule has 2 aromatic heterocycles. The van der Waals surface area contributed by atoms with E-state index >= 15 is 0 Å². The van der Waals surface area contributed by atoms with Crippen LogP contribution >= 0.6 is 0 Å². The van der Waals surface area contributed by atoms with E-state index in [0.717, 1.165) is 41.1 Å². The molecule has 2 heterocycles. The lowest BCUT2D eigenvalue weighted by atomic mass is 9.95. The fraction of sp³-hybridized carbons (Fsp3) is 0.316. The van der Waals surface area contributed by atoms with Crippen molar-refractivity contribution in [1.29, 1.82) is 0 Å². The highest BCUT2D eigenvalue weighted by molar-refractivity contribution is 5.68. The number of ether oxygens (including phenoxy) is 1. The number of rotatable bonds is 5. The summed E-state index contributed by atoms with van der Waals surface area (Å²) in [5, 5.41) is 13.6. The lowest BCUT2D eigenvalue weighted by molar-refractivity contribution is 0.277. The topological polar surface area (TPSA) is 73.1 Å². The first-order valence-electron chi connectivity index (χ1n) is 8.46. The first-order chi connectivity index (χ1) is 12.3. The molecule has 0 unspecified atom stereocenters. The van der Waals surface area contributed by atoms with Crippen LogP contribution in [0.15, 0.2) is 36.7 Å². The van der Waals surface area contributed by atoms with Gasteiger partial charge in [-0.1, -0.05) is 0 Å². The molecule has 6 heteroatoms. The van der Waals surface area contributed by atoms with Crippen molar-refractivity contribution in [3.8, 4) is 28.5 Å². The molecule has 1 N–H and O–H groups in total. The zero-order chi connectivity index (χ0) is 17.2. The minimum absolute atomic E-state index is 0.155. The van der Waals surface area contributed by atoms with Crippen LogP contribution in [0.5, 0.6) is 5.75 Å². The first-order valence-corrected chi connectivity index (χ1v) is 8.46. The predicted molar refractivity (Wildman–Crippen MR) is 94.4 cm³/mol. The number of methoxy groups -OCH3 is 1. The third kappa shape index (κ3) is 2.89. The summed E-state index contributed by atoms with van der Waals surface area (Å²) in [4.78, 5) is 9.39. The summed E-state index contributed by atoms with van der Waals surface area (Å²) >= 11 is 0. The van der Waals surface area contributed by atoms with Crippen LogP contribution < -0.4 is 4.74 Å². The summed E-state index contributed by atoms with van der Waals surface area (Å²) in [6.45, 7) is 0.843. The Morgan fingerprint density at radius 2 is 1.92 bits per heavy atom. The Bertz CT molecular complexity index is 887. The largest absolute Gasteiger partial charge is 0.497 e. The molecule has 0 amide bonds. The van der Waals surface area contributed by atoms with Gasteiger partial charge in [0.05, 0.1) is 24.7 Å². The molecule has 1 aliphatic rings. The van der Waals surface area contributed by atoms with Crippen LogP contribution in [-0.4, -0.2) is 38.6 Å². The van der Waals surface area contributed by atoms with Crippen molar-refractivity contribution in [3.05, 3.63) is 47.8 Å². The Morgan fingerprint density at radius 1 is 1.12 bits per heavy atom. The number of aryl methyl sites for hydroxylation is 3. The van der Waals surface area contributed by atoms with Gasteiger partial charge in [-0.2, -0.15) is 5.10 Å². The number of nitrogens with zero attached hydrogens (tertiary/aromatic N) is 4. The van der Waals surface area contributed by atoms with Crippen molar-refractivity contribution < 1.29 is 9.84 Å². The summed E-state index contributed by atoms with van der Waals surface area (Å²) in [5.41, 5.74) is 5.34. The molecule has 0 atom stereocenters. The molecule has 0 bridgehead atoms. The summed E-state index contributed by atoms with van der Waals surface area (Å²) in [6.07, 6.45) is 6.41. The average Bonchev–Trinajstić information content (AvgIpc) is 3.09. The minimum atomic E-state index is 0.155. The van der Waals surface area contributed by atoms with Gasteiger partial charge in [0, 0.05) is 30.5 Å². The number of hydrogen-bond acceptors (Lipinski definition) is 5. The number of fused-ring (bicyclic) bond motifs is 3. The third-order valence-electron chi connectivity index (χ3n) is 4.54.